The third-order valence-corrected chi connectivity index (χ3v) is 7.87. The fraction of sp³-hybridized carbons (Fsp3) is 0.393. The van der Waals surface area contributed by atoms with Crippen LogP contribution in [0.4, 0.5) is 11.4 Å². The molecule has 4 aromatic rings. The van der Waals surface area contributed by atoms with Crippen molar-refractivity contribution >= 4 is 55.4 Å². The Morgan fingerprint density at radius 2 is 2.03 bits per heavy atom. The zero-order valence-corrected chi connectivity index (χ0v) is 22.3. The van der Waals surface area contributed by atoms with Crippen molar-refractivity contribution in [2.75, 3.05) is 38.0 Å². The summed E-state index contributed by atoms with van der Waals surface area (Å²) in [5, 5.41) is 4.60. The predicted octanol–water partition coefficient (Wildman–Crippen LogP) is 5.90. The lowest BCUT2D eigenvalue weighted by Gasteiger charge is -2.36. The van der Waals surface area contributed by atoms with Gasteiger partial charge in [-0.05, 0) is 69.3 Å². The number of aromatic amines is 1. The first-order valence-electron chi connectivity index (χ1n) is 12.7. The van der Waals surface area contributed by atoms with Crippen molar-refractivity contribution in [1.82, 2.24) is 24.8 Å². The van der Waals surface area contributed by atoms with Crippen LogP contribution in [0.3, 0.4) is 0 Å². The first kappa shape index (κ1) is 24.5. The maximum atomic E-state index is 13.3. The Kier molecular flexibility index (Phi) is 6.81. The summed E-state index contributed by atoms with van der Waals surface area (Å²) in [4.78, 5) is 30.0. The predicted molar refractivity (Wildman–Crippen MR) is 150 cm³/mol. The van der Waals surface area contributed by atoms with Gasteiger partial charge in [0.15, 0.2) is 0 Å². The molecule has 3 aromatic heterocycles. The molecule has 0 radical (unpaired) electrons. The summed E-state index contributed by atoms with van der Waals surface area (Å²) in [7, 11) is 0. The van der Waals surface area contributed by atoms with Crippen LogP contribution in [0.5, 0.6) is 0 Å². The van der Waals surface area contributed by atoms with Gasteiger partial charge in [0.25, 0.3) is 0 Å². The molecule has 8 heteroatoms. The van der Waals surface area contributed by atoms with Crippen LogP contribution in [0.15, 0.2) is 48.1 Å². The van der Waals surface area contributed by atoms with Crippen molar-refractivity contribution in [3.05, 3.63) is 53.8 Å². The van der Waals surface area contributed by atoms with Gasteiger partial charge in [0.1, 0.15) is 5.65 Å². The van der Waals surface area contributed by atoms with Crippen molar-refractivity contribution < 1.29 is 4.79 Å². The highest BCUT2D eigenvalue weighted by Crippen LogP contribution is 2.32. The zero-order valence-electron chi connectivity index (χ0n) is 21.5. The standard InChI is InChI=1S/C28H34N6OS/c1-5-33(6-2)17-28(3,4)27(35)34-13-10-19(11-14-34)24-16-21-22(9-12-29-26(21)32-24)31-20-7-8-23-25(15-20)36-18-30-23/h7-10,12,15-16,18H,5-6,11,13-14,17H2,1-4H3,(H2,29,31,32). The fourth-order valence-electron chi connectivity index (χ4n) is 5.00. The maximum absolute atomic E-state index is 13.3. The second kappa shape index (κ2) is 10.0. The average molecular weight is 503 g/mol. The Balaban J connectivity index is 1.32. The summed E-state index contributed by atoms with van der Waals surface area (Å²) in [6, 6.07) is 10.4. The molecule has 1 aliphatic rings. The molecule has 0 bridgehead atoms. The van der Waals surface area contributed by atoms with E-state index in [2.05, 4.69) is 77.1 Å². The lowest BCUT2D eigenvalue weighted by molar-refractivity contribution is -0.140. The number of nitrogens with zero attached hydrogens (tertiary/aromatic N) is 4. The molecule has 1 amide bonds. The number of thiazole rings is 1. The van der Waals surface area contributed by atoms with Gasteiger partial charge in [0.05, 0.1) is 26.8 Å². The number of nitrogens with one attached hydrogen (secondary N) is 2. The normalized spacial score (nSPS) is 14.6. The van der Waals surface area contributed by atoms with Gasteiger partial charge in [0.2, 0.25) is 5.91 Å². The van der Waals surface area contributed by atoms with E-state index in [4.69, 9.17) is 0 Å². The fourth-order valence-corrected chi connectivity index (χ4v) is 5.71. The van der Waals surface area contributed by atoms with E-state index in [1.54, 1.807) is 11.3 Å². The third kappa shape index (κ3) is 4.88. The summed E-state index contributed by atoms with van der Waals surface area (Å²) in [6.45, 7) is 12.5. The summed E-state index contributed by atoms with van der Waals surface area (Å²) in [5.41, 5.74) is 7.69. The molecule has 4 heterocycles. The van der Waals surface area contributed by atoms with Gasteiger partial charge in [-0.25, -0.2) is 9.97 Å². The molecule has 1 aliphatic heterocycles. The zero-order chi connectivity index (χ0) is 25.3. The minimum atomic E-state index is -0.398. The monoisotopic (exact) mass is 502 g/mol. The Morgan fingerprint density at radius 1 is 1.19 bits per heavy atom. The highest BCUT2D eigenvalue weighted by Gasteiger charge is 2.34. The number of carbonyl (C=O) groups is 1. The van der Waals surface area contributed by atoms with Gasteiger partial charge in [-0.2, -0.15) is 0 Å². The molecule has 7 nitrogen and oxygen atoms in total. The highest BCUT2D eigenvalue weighted by atomic mass is 32.1. The smallest absolute Gasteiger partial charge is 0.229 e. The van der Waals surface area contributed by atoms with Crippen LogP contribution >= 0.6 is 11.3 Å². The lowest BCUT2D eigenvalue weighted by atomic mass is 9.89. The number of H-pyrrole nitrogens is 1. The molecule has 2 N–H and O–H groups in total. The number of hydrogen-bond donors (Lipinski definition) is 2. The summed E-state index contributed by atoms with van der Waals surface area (Å²) < 4.78 is 1.16. The van der Waals surface area contributed by atoms with E-state index < -0.39 is 5.41 Å². The van der Waals surface area contributed by atoms with Crippen LogP contribution in [0.2, 0.25) is 0 Å². The highest BCUT2D eigenvalue weighted by molar-refractivity contribution is 7.16. The molecule has 36 heavy (non-hydrogen) atoms. The molecule has 188 valence electrons. The minimum absolute atomic E-state index is 0.229. The molecule has 0 saturated carbocycles. The van der Waals surface area contributed by atoms with E-state index in [1.165, 1.54) is 5.57 Å². The minimum Gasteiger partial charge on any atom is -0.355 e. The van der Waals surface area contributed by atoms with E-state index in [0.717, 1.165) is 70.9 Å². The third-order valence-electron chi connectivity index (χ3n) is 7.08. The Hall–Kier alpha value is -3.23. The van der Waals surface area contributed by atoms with Gasteiger partial charge in [-0.1, -0.05) is 19.9 Å². The van der Waals surface area contributed by atoms with Crippen molar-refractivity contribution in [1.29, 1.82) is 0 Å². The Labute approximate surface area is 216 Å². The quantitative estimate of drug-likeness (QED) is 0.314. The molecular formula is C28H34N6OS. The lowest BCUT2D eigenvalue weighted by Crippen LogP contribution is -2.48. The van der Waals surface area contributed by atoms with Crippen LogP contribution in [0.1, 0.15) is 39.8 Å². The SMILES string of the molecule is CCN(CC)CC(C)(C)C(=O)N1CC=C(c2cc3c(Nc4ccc5ncsc5c4)ccnc3[nH]2)CC1. The summed E-state index contributed by atoms with van der Waals surface area (Å²) in [5.74, 6) is 0.229. The molecule has 0 saturated heterocycles. The molecule has 0 aliphatic carbocycles. The Bertz CT molecular complexity index is 1410. The number of anilines is 2. The van der Waals surface area contributed by atoms with Crippen LogP contribution in [-0.2, 0) is 4.79 Å². The van der Waals surface area contributed by atoms with Crippen LogP contribution < -0.4 is 5.32 Å². The number of aromatic nitrogens is 3. The number of amides is 1. The second-order valence-electron chi connectivity index (χ2n) is 10.0. The van der Waals surface area contributed by atoms with Gasteiger partial charge in [-0.3, -0.25) is 4.79 Å². The maximum Gasteiger partial charge on any atom is 0.229 e. The topological polar surface area (TPSA) is 77.2 Å². The number of hydrogen-bond acceptors (Lipinski definition) is 6. The van der Waals surface area contributed by atoms with E-state index in [-0.39, 0.29) is 5.91 Å². The molecule has 0 unspecified atom stereocenters. The van der Waals surface area contributed by atoms with Crippen molar-refractivity contribution in [2.24, 2.45) is 5.41 Å². The van der Waals surface area contributed by atoms with Crippen LogP contribution in [-0.4, -0.2) is 63.4 Å². The Morgan fingerprint density at radius 3 is 2.78 bits per heavy atom. The van der Waals surface area contributed by atoms with Gasteiger partial charge >= 0.3 is 0 Å². The molecule has 5 rings (SSSR count). The van der Waals surface area contributed by atoms with E-state index in [0.29, 0.717) is 6.54 Å². The van der Waals surface area contributed by atoms with Gasteiger partial charge in [0, 0.05) is 42.6 Å². The first-order chi connectivity index (χ1) is 17.4. The number of benzene rings is 1. The number of rotatable bonds is 8. The van der Waals surface area contributed by atoms with Crippen molar-refractivity contribution in [2.45, 2.75) is 34.1 Å². The second-order valence-corrected chi connectivity index (χ2v) is 10.9. The molecular weight excluding hydrogens is 468 g/mol. The van der Waals surface area contributed by atoms with Crippen molar-refractivity contribution in [3.8, 4) is 0 Å². The summed E-state index contributed by atoms with van der Waals surface area (Å²) >= 11 is 1.64. The van der Waals surface area contributed by atoms with E-state index in [1.807, 2.05) is 28.7 Å². The van der Waals surface area contributed by atoms with Crippen LogP contribution in [0, 0.1) is 5.41 Å². The number of carbonyl (C=O) groups excluding carboxylic acids is 1. The van der Waals surface area contributed by atoms with Gasteiger partial charge in [-0.15, -0.1) is 11.3 Å². The summed E-state index contributed by atoms with van der Waals surface area (Å²) in [6.07, 6.45) is 4.83. The molecule has 0 atom stereocenters. The largest absolute Gasteiger partial charge is 0.355 e. The van der Waals surface area contributed by atoms with Crippen LogP contribution in [0.25, 0.3) is 26.8 Å². The first-order valence-corrected chi connectivity index (χ1v) is 13.5. The number of pyridine rings is 1. The van der Waals surface area contributed by atoms with Gasteiger partial charge < -0.3 is 20.1 Å². The average Bonchev–Trinajstić information content (AvgIpc) is 3.54. The number of fused-ring (bicyclic) bond motifs is 2. The van der Waals surface area contributed by atoms with E-state index in [9.17, 15) is 4.79 Å². The van der Waals surface area contributed by atoms with E-state index >= 15 is 0 Å². The molecule has 1 aromatic carbocycles. The molecule has 0 spiro atoms. The van der Waals surface area contributed by atoms with Crippen molar-refractivity contribution in [3.63, 3.8) is 0 Å². The molecule has 0 fully saturated rings.